The molecule has 6 heterocycles. The Hall–Kier alpha value is -4.62. The molecule has 0 saturated carbocycles. The first kappa shape index (κ1) is 30.7. The van der Waals surface area contributed by atoms with Crippen LogP contribution in [0.1, 0.15) is 41.7 Å². The first-order valence-electron chi connectivity index (χ1n) is 15.2. The second kappa shape index (κ2) is 11.0. The zero-order chi connectivity index (χ0) is 33.5. The van der Waals surface area contributed by atoms with Gasteiger partial charge in [0.05, 0.1) is 27.6 Å². The molecular formula is C32H25F6N7O2S. The highest BCUT2D eigenvalue weighted by Crippen LogP contribution is 2.48. The van der Waals surface area contributed by atoms with Crippen LogP contribution in [0.25, 0.3) is 32.1 Å². The van der Waals surface area contributed by atoms with Crippen molar-refractivity contribution in [2.45, 2.75) is 50.1 Å². The van der Waals surface area contributed by atoms with E-state index < -0.39 is 46.2 Å². The molecule has 2 unspecified atom stereocenters. The summed E-state index contributed by atoms with van der Waals surface area (Å²) in [5, 5.41) is 13.0. The minimum Gasteiger partial charge on any atom is -0.461 e. The Morgan fingerprint density at radius 2 is 2.04 bits per heavy atom. The van der Waals surface area contributed by atoms with Gasteiger partial charge in [0.15, 0.2) is 5.82 Å². The van der Waals surface area contributed by atoms with Crippen LogP contribution in [0.4, 0.5) is 37.2 Å². The average Bonchev–Trinajstić information content (AvgIpc) is 3.81. The number of anilines is 2. The van der Waals surface area contributed by atoms with E-state index in [-0.39, 0.29) is 76.1 Å². The van der Waals surface area contributed by atoms with Gasteiger partial charge in [-0.15, -0.1) is 11.3 Å². The van der Waals surface area contributed by atoms with E-state index >= 15 is 4.39 Å². The van der Waals surface area contributed by atoms with Crippen LogP contribution in [0.2, 0.25) is 0 Å². The van der Waals surface area contributed by atoms with Crippen LogP contribution in [0.5, 0.6) is 6.01 Å². The number of benzene rings is 2. The van der Waals surface area contributed by atoms with E-state index in [0.29, 0.717) is 42.0 Å². The average molecular weight is 686 g/mol. The summed E-state index contributed by atoms with van der Waals surface area (Å²) < 4.78 is 102. The molecule has 16 heteroatoms. The monoisotopic (exact) mass is 685 g/mol. The molecule has 0 aliphatic carbocycles. The van der Waals surface area contributed by atoms with Gasteiger partial charge in [-0.05, 0) is 37.1 Å². The number of nitrogen functional groups attached to an aromatic ring is 1. The number of alkyl halides is 4. The van der Waals surface area contributed by atoms with Gasteiger partial charge in [-0.1, -0.05) is 11.2 Å². The van der Waals surface area contributed by atoms with E-state index in [9.17, 15) is 27.2 Å². The van der Waals surface area contributed by atoms with E-state index in [1.165, 1.54) is 6.20 Å². The second-order valence-corrected chi connectivity index (χ2v) is 13.5. The maximum Gasteiger partial charge on any atom is 0.417 e. The Balaban J connectivity index is 1.35. The number of nitrogens with two attached hydrogens (primary N) is 1. The van der Waals surface area contributed by atoms with Crippen molar-refractivity contribution in [2.75, 3.05) is 36.9 Å². The number of fused-ring (bicyclic) bond motifs is 4. The number of halogens is 6. The van der Waals surface area contributed by atoms with Crippen molar-refractivity contribution in [3.63, 3.8) is 0 Å². The second-order valence-electron chi connectivity index (χ2n) is 12.4. The molecule has 5 aromatic rings. The summed E-state index contributed by atoms with van der Waals surface area (Å²) in [5.74, 6) is -1.56. The third-order valence-electron chi connectivity index (χ3n) is 9.63. The topological polar surface area (TPSA) is 117 Å². The molecule has 248 valence electrons. The van der Waals surface area contributed by atoms with Crippen LogP contribution in [0.15, 0.2) is 28.9 Å². The maximum atomic E-state index is 17.0. The fourth-order valence-electron chi connectivity index (χ4n) is 7.46. The standard InChI is InChI=1S/C32H25F6N7O2S/c33-16-9-31(5-1-6-45(31)13-16)14-46-30-42-26-18(29(43-30)44-7-4-22-15(12-44)11-41-47-22)8-20(32(36,37)38)24(25(26)35)17-2-3-21(34)27-23(17)19(10-39)28(40)48-27/h2-3,8,11,16H,1,4-7,9,12-14,40H2. The van der Waals surface area contributed by atoms with Crippen LogP contribution < -0.4 is 15.4 Å². The smallest absolute Gasteiger partial charge is 0.417 e. The van der Waals surface area contributed by atoms with Gasteiger partial charge in [0.1, 0.15) is 46.8 Å². The quantitative estimate of drug-likeness (QED) is 0.200. The van der Waals surface area contributed by atoms with Crippen LogP contribution in [-0.4, -0.2) is 58.0 Å². The van der Waals surface area contributed by atoms with Crippen molar-refractivity contribution in [3.05, 3.63) is 58.5 Å². The number of nitriles is 1. The molecule has 48 heavy (non-hydrogen) atoms. The van der Waals surface area contributed by atoms with Gasteiger partial charge in [0, 0.05) is 54.4 Å². The third kappa shape index (κ3) is 4.73. The largest absolute Gasteiger partial charge is 0.461 e. The van der Waals surface area contributed by atoms with Crippen molar-refractivity contribution in [1.29, 1.82) is 5.26 Å². The summed E-state index contributed by atoms with van der Waals surface area (Å²) in [5.41, 5.74) is 2.66. The predicted molar refractivity (Wildman–Crippen MR) is 164 cm³/mol. The maximum absolute atomic E-state index is 17.0. The lowest BCUT2D eigenvalue weighted by Crippen LogP contribution is -2.43. The first-order chi connectivity index (χ1) is 23.0. The lowest BCUT2D eigenvalue weighted by atomic mass is 9.92. The summed E-state index contributed by atoms with van der Waals surface area (Å²) in [6.45, 7) is 1.39. The summed E-state index contributed by atoms with van der Waals surface area (Å²) in [6, 6.07) is 4.22. The van der Waals surface area contributed by atoms with E-state index in [2.05, 4.69) is 15.1 Å². The minimum atomic E-state index is -5.09. The molecular weight excluding hydrogens is 660 g/mol. The Bertz CT molecular complexity index is 2160. The highest BCUT2D eigenvalue weighted by Gasteiger charge is 2.49. The predicted octanol–water partition coefficient (Wildman–Crippen LogP) is 6.77. The number of hydrogen-bond donors (Lipinski definition) is 1. The van der Waals surface area contributed by atoms with E-state index in [1.807, 2.05) is 11.0 Å². The molecule has 2 aromatic carbocycles. The highest BCUT2D eigenvalue weighted by atomic mass is 32.1. The number of ether oxygens (including phenoxy) is 1. The molecule has 0 amide bonds. The lowest BCUT2D eigenvalue weighted by Gasteiger charge is -2.31. The van der Waals surface area contributed by atoms with Crippen LogP contribution >= 0.6 is 11.3 Å². The Morgan fingerprint density at radius 3 is 2.83 bits per heavy atom. The molecule has 2 N–H and O–H groups in total. The number of rotatable bonds is 5. The minimum absolute atomic E-state index is 0.00156. The van der Waals surface area contributed by atoms with Gasteiger partial charge in [-0.2, -0.15) is 28.4 Å². The molecule has 2 fully saturated rings. The highest BCUT2D eigenvalue weighted by molar-refractivity contribution is 7.23. The van der Waals surface area contributed by atoms with E-state index in [4.69, 9.17) is 15.0 Å². The van der Waals surface area contributed by atoms with Gasteiger partial charge in [0.25, 0.3) is 0 Å². The van der Waals surface area contributed by atoms with Crippen molar-refractivity contribution >= 4 is 43.1 Å². The molecule has 2 atom stereocenters. The summed E-state index contributed by atoms with van der Waals surface area (Å²) in [7, 11) is 0. The van der Waals surface area contributed by atoms with Crippen molar-refractivity contribution in [3.8, 4) is 23.2 Å². The molecule has 3 aliphatic heterocycles. The normalized spacial score (nSPS) is 21.2. The van der Waals surface area contributed by atoms with Gasteiger partial charge in [0.2, 0.25) is 0 Å². The molecule has 3 aliphatic rings. The van der Waals surface area contributed by atoms with Crippen LogP contribution in [-0.2, 0) is 19.1 Å². The Morgan fingerprint density at radius 1 is 1.21 bits per heavy atom. The van der Waals surface area contributed by atoms with E-state index in [0.717, 1.165) is 24.6 Å². The SMILES string of the molecule is N#Cc1c(N)sc2c(F)ccc(-c3c(C(F)(F)F)cc4c(N5CCc6oncc6C5)nc(OCC56CCCN5CC(F)C6)nc4c3F)c12. The molecule has 2 saturated heterocycles. The molecule has 3 aromatic heterocycles. The van der Waals surface area contributed by atoms with Gasteiger partial charge in [-0.3, -0.25) is 4.90 Å². The summed E-state index contributed by atoms with van der Waals surface area (Å²) in [4.78, 5) is 12.5. The molecule has 0 radical (unpaired) electrons. The van der Waals surface area contributed by atoms with Crippen LogP contribution in [0, 0.1) is 23.0 Å². The van der Waals surface area contributed by atoms with Crippen LogP contribution in [0.3, 0.4) is 0 Å². The number of hydrogen-bond acceptors (Lipinski definition) is 10. The zero-order valence-corrected chi connectivity index (χ0v) is 25.8. The summed E-state index contributed by atoms with van der Waals surface area (Å²) in [6.07, 6.45) is -2.50. The van der Waals surface area contributed by atoms with Crippen molar-refractivity contribution < 1.29 is 35.6 Å². The van der Waals surface area contributed by atoms with Gasteiger partial charge < -0.3 is 19.9 Å². The lowest BCUT2D eigenvalue weighted by molar-refractivity contribution is -0.137. The molecule has 0 bridgehead atoms. The number of aromatic nitrogens is 3. The molecule has 0 spiro atoms. The Labute approximate surface area is 272 Å². The summed E-state index contributed by atoms with van der Waals surface area (Å²) >= 11 is 0.687. The van der Waals surface area contributed by atoms with Crippen molar-refractivity contribution in [1.82, 2.24) is 20.0 Å². The fraction of sp³-hybridized carbons (Fsp3) is 0.375. The van der Waals surface area contributed by atoms with E-state index in [1.54, 1.807) is 4.90 Å². The van der Waals surface area contributed by atoms with Gasteiger partial charge >= 0.3 is 12.2 Å². The fourth-order valence-corrected chi connectivity index (χ4v) is 8.41. The first-order valence-corrected chi connectivity index (χ1v) is 16.0. The van der Waals surface area contributed by atoms with Gasteiger partial charge in [-0.25, -0.2) is 13.2 Å². The zero-order valence-electron chi connectivity index (χ0n) is 25.0. The third-order valence-corrected chi connectivity index (χ3v) is 10.7. The molecule has 9 nitrogen and oxygen atoms in total. The Kier molecular flexibility index (Phi) is 7.01. The number of thiophene rings is 1. The van der Waals surface area contributed by atoms with Crippen molar-refractivity contribution in [2.24, 2.45) is 0 Å². The number of nitrogens with zero attached hydrogens (tertiary/aromatic N) is 6. The molecule has 8 rings (SSSR count).